The van der Waals surface area contributed by atoms with E-state index in [1.54, 1.807) is 30.5 Å². The second-order valence-electron chi connectivity index (χ2n) is 6.39. The molecule has 0 saturated heterocycles. The van der Waals surface area contributed by atoms with E-state index in [4.69, 9.17) is 4.42 Å². The molecular weight excluding hydrogens is 372 g/mol. The third-order valence-electron chi connectivity index (χ3n) is 4.33. The summed E-state index contributed by atoms with van der Waals surface area (Å²) < 4.78 is 5.09. The molecule has 6 nitrogen and oxygen atoms in total. The average Bonchev–Trinajstić information content (AvgIpc) is 3.43. The molecule has 0 fully saturated rings. The number of thiophene rings is 1. The van der Waals surface area contributed by atoms with Crippen molar-refractivity contribution in [3.8, 4) is 0 Å². The highest BCUT2D eigenvalue weighted by Gasteiger charge is 2.09. The molecule has 0 aliphatic rings. The minimum atomic E-state index is -0.264. The normalized spacial score (nSPS) is 12.4. The molecule has 0 aliphatic heterocycles. The van der Waals surface area contributed by atoms with Crippen LogP contribution in [-0.4, -0.2) is 25.5 Å². The van der Waals surface area contributed by atoms with Crippen LogP contribution in [0, 0.1) is 0 Å². The Morgan fingerprint density at radius 1 is 1.18 bits per heavy atom. The van der Waals surface area contributed by atoms with Crippen LogP contribution in [0.15, 0.2) is 68.9 Å². The molecule has 1 amide bonds. The summed E-state index contributed by atoms with van der Waals surface area (Å²) in [6.07, 6.45) is 1.48. The van der Waals surface area contributed by atoms with Gasteiger partial charge in [0.05, 0.1) is 6.26 Å². The number of aliphatic imine (C=N–C) groups is 1. The summed E-state index contributed by atoms with van der Waals surface area (Å²) in [7, 11) is 1.76. The molecule has 0 aliphatic carbocycles. The van der Waals surface area contributed by atoms with Crippen LogP contribution in [0.25, 0.3) is 0 Å². The van der Waals surface area contributed by atoms with Crippen LogP contribution in [-0.2, 0) is 6.54 Å². The second-order valence-corrected chi connectivity index (χ2v) is 7.17. The van der Waals surface area contributed by atoms with Gasteiger partial charge in [-0.2, -0.15) is 11.3 Å². The zero-order valence-electron chi connectivity index (χ0n) is 15.9. The molecule has 0 radical (unpaired) electrons. The molecule has 0 saturated carbocycles. The zero-order chi connectivity index (χ0) is 19.8. The predicted octanol–water partition coefficient (Wildman–Crippen LogP) is 4.06. The van der Waals surface area contributed by atoms with E-state index in [1.807, 2.05) is 24.3 Å². The molecule has 2 heterocycles. The second kappa shape index (κ2) is 9.75. The summed E-state index contributed by atoms with van der Waals surface area (Å²) in [5.74, 6) is 1.21. The van der Waals surface area contributed by atoms with E-state index in [9.17, 15) is 4.79 Å². The number of carbonyl (C=O) groups is 1. The predicted molar refractivity (Wildman–Crippen MR) is 114 cm³/mol. The van der Waals surface area contributed by atoms with Gasteiger partial charge >= 0.3 is 0 Å². The maximum absolute atomic E-state index is 12.0. The van der Waals surface area contributed by atoms with Gasteiger partial charge in [-0.15, -0.1) is 0 Å². The molecule has 3 rings (SSSR count). The largest absolute Gasteiger partial charge is 0.459 e. The lowest BCUT2D eigenvalue weighted by atomic mass is 10.1. The minimum absolute atomic E-state index is 0.264. The topological polar surface area (TPSA) is 78.7 Å². The summed E-state index contributed by atoms with van der Waals surface area (Å²) in [5, 5.41) is 13.7. The van der Waals surface area contributed by atoms with Crippen LogP contribution in [0.3, 0.4) is 0 Å². The molecular formula is C21H24N4O2S. The van der Waals surface area contributed by atoms with Crippen molar-refractivity contribution in [1.82, 2.24) is 10.6 Å². The first kappa shape index (κ1) is 19.7. The Morgan fingerprint density at radius 3 is 2.64 bits per heavy atom. The molecule has 1 unspecified atom stereocenters. The van der Waals surface area contributed by atoms with Crippen molar-refractivity contribution in [2.75, 3.05) is 18.9 Å². The van der Waals surface area contributed by atoms with Crippen LogP contribution < -0.4 is 16.0 Å². The van der Waals surface area contributed by atoms with Crippen LogP contribution in [0.4, 0.5) is 5.69 Å². The maximum Gasteiger partial charge on any atom is 0.291 e. The van der Waals surface area contributed by atoms with Crippen molar-refractivity contribution < 1.29 is 9.21 Å². The van der Waals surface area contributed by atoms with Gasteiger partial charge < -0.3 is 20.4 Å². The van der Waals surface area contributed by atoms with E-state index in [2.05, 4.69) is 44.7 Å². The van der Waals surface area contributed by atoms with Gasteiger partial charge in [-0.3, -0.25) is 9.79 Å². The van der Waals surface area contributed by atoms with E-state index in [1.165, 1.54) is 11.8 Å². The molecule has 7 heteroatoms. The Labute approximate surface area is 168 Å². The van der Waals surface area contributed by atoms with Gasteiger partial charge in [0.1, 0.15) is 0 Å². The molecule has 1 aromatic carbocycles. The van der Waals surface area contributed by atoms with Crippen molar-refractivity contribution in [1.29, 1.82) is 0 Å². The fraction of sp³-hybridized carbons (Fsp3) is 0.238. The summed E-state index contributed by atoms with van der Waals surface area (Å²) in [4.78, 5) is 16.3. The number of hydrogen-bond donors (Lipinski definition) is 3. The van der Waals surface area contributed by atoms with Crippen molar-refractivity contribution in [2.24, 2.45) is 4.99 Å². The first-order chi connectivity index (χ1) is 13.7. The number of carbonyl (C=O) groups excluding carboxylic acids is 1. The Bertz CT molecular complexity index is 887. The van der Waals surface area contributed by atoms with E-state index in [0.717, 1.165) is 23.8 Å². The van der Waals surface area contributed by atoms with Crippen LogP contribution >= 0.6 is 11.3 Å². The maximum atomic E-state index is 12.0. The van der Waals surface area contributed by atoms with Gasteiger partial charge in [-0.25, -0.2) is 0 Å². The summed E-state index contributed by atoms with van der Waals surface area (Å²) in [5.41, 5.74) is 3.14. The van der Waals surface area contributed by atoms with Crippen molar-refractivity contribution in [2.45, 2.75) is 19.4 Å². The fourth-order valence-electron chi connectivity index (χ4n) is 2.64. The average molecular weight is 397 g/mol. The molecule has 3 aromatic rings. The van der Waals surface area contributed by atoms with E-state index in [-0.39, 0.29) is 11.7 Å². The third-order valence-corrected chi connectivity index (χ3v) is 5.03. The van der Waals surface area contributed by atoms with E-state index < -0.39 is 0 Å². The van der Waals surface area contributed by atoms with Gasteiger partial charge in [0.15, 0.2) is 11.7 Å². The number of benzene rings is 1. The highest BCUT2D eigenvalue weighted by atomic mass is 32.1. The highest BCUT2D eigenvalue weighted by molar-refractivity contribution is 7.07. The van der Waals surface area contributed by atoms with Gasteiger partial charge in [-0.1, -0.05) is 19.1 Å². The van der Waals surface area contributed by atoms with Gasteiger partial charge in [0, 0.05) is 25.8 Å². The van der Waals surface area contributed by atoms with Crippen LogP contribution in [0.2, 0.25) is 0 Å². The number of rotatable bonds is 7. The Hall–Kier alpha value is -3.06. The summed E-state index contributed by atoms with van der Waals surface area (Å²) in [6.45, 7) is 3.64. The van der Waals surface area contributed by atoms with E-state index in [0.29, 0.717) is 12.5 Å². The molecule has 0 bridgehead atoms. The smallest absolute Gasteiger partial charge is 0.291 e. The standard InChI is InChI=1S/C21H24N4O2S/c1-15(17-9-11-28-14-17)12-23-21(22-2)24-13-16-5-7-18(8-6-16)25-20(26)19-4-3-10-27-19/h3-11,14-15H,12-13H2,1-2H3,(H,25,26)(H2,22,23,24). The van der Waals surface area contributed by atoms with Gasteiger partial charge in [-0.05, 0) is 58.1 Å². The summed E-state index contributed by atoms with van der Waals surface area (Å²) >= 11 is 1.71. The number of anilines is 1. The Balaban J connectivity index is 1.46. The van der Waals surface area contributed by atoms with Gasteiger partial charge in [0.2, 0.25) is 0 Å². The SMILES string of the molecule is CN=C(NCc1ccc(NC(=O)c2ccco2)cc1)NCC(C)c1ccsc1. The third kappa shape index (κ3) is 5.47. The van der Waals surface area contributed by atoms with Crippen LogP contribution in [0.5, 0.6) is 0 Å². The molecule has 2 aromatic heterocycles. The first-order valence-corrected chi connectivity index (χ1v) is 10.0. The van der Waals surface area contributed by atoms with Crippen molar-refractivity contribution in [3.05, 3.63) is 76.4 Å². The van der Waals surface area contributed by atoms with Gasteiger partial charge in [0.25, 0.3) is 5.91 Å². The monoisotopic (exact) mass is 396 g/mol. The van der Waals surface area contributed by atoms with E-state index >= 15 is 0 Å². The lowest BCUT2D eigenvalue weighted by Crippen LogP contribution is -2.38. The molecule has 28 heavy (non-hydrogen) atoms. The number of hydrogen-bond acceptors (Lipinski definition) is 4. The van der Waals surface area contributed by atoms with Crippen molar-refractivity contribution in [3.63, 3.8) is 0 Å². The minimum Gasteiger partial charge on any atom is -0.459 e. The number of nitrogens with one attached hydrogen (secondary N) is 3. The zero-order valence-corrected chi connectivity index (χ0v) is 16.8. The highest BCUT2D eigenvalue weighted by Crippen LogP contribution is 2.17. The Morgan fingerprint density at radius 2 is 2.00 bits per heavy atom. The lowest BCUT2D eigenvalue weighted by Gasteiger charge is -2.15. The lowest BCUT2D eigenvalue weighted by molar-refractivity contribution is 0.0996. The number of guanidine groups is 1. The van der Waals surface area contributed by atoms with Crippen LogP contribution in [0.1, 0.15) is 34.5 Å². The Kier molecular flexibility index (Phi) is 6.86. The van der Waals surface area contributed by atoms with Crippen molar-refractivity contribution >= 4 is 28.9 Å². The number of nitrogens with zero attached hydrogens (tertiary/aromatic N) is 1. The fourth-order valence-corrected chi connectivity index (χ4v) is 3.42. The quantitative estimate of drug-likeness (QED) is 0.416. The molecule has 146 valence electrons. The first-order valence-electron chi connectivity index (χ1n) is 9.06. The molecule has 1 atom stereocenters. The number of amides is 1. The summed E-state index contributed by atoms with van der Waals surface area (Å²) in [6, 6.07) is 13.1. The number of furan rings is 1. The molecule has 3 N–H and O–H groups in total. The molecule has 0 spiro atoms.